The molecule has 1 unspecified atom stereocenters. The molecule has 0 aromatic heterocycles. The van der Waals surface area contributed by atoms with Crippen molar-refractivity contribution in [2.24, 2.45) is 0 Å². The molecule has 0 spiro atoms. The van der Waals surface area contributed by atoms with Crippen LogP contribution in [0.5, 0.6) is 0 Å². The van der Waals surface area contributed by atoms with E-state index in [4.69, 9.17) is 5.11 Å². The number of carboxylic acids is 1. The normalized spacial score (nSPS) is 12.1. The highest BCUT2D eigenvalue weighted by Crippen LogP contribution is 2.13. The molecule has 2 N–H and O–H groups in total. The number of aliphatic hydroxyl groups is 1. The molecule has 0 saturated carbocycles. The molecule has 1 amide bonds. The second-order valence-corrected chi connectivity index (χ2v) is 6.65. The van der Waals surface area contributed by atoms with Crippen LogP contribution in [0.4, 0.5) is 0 Å². The maximum Gasteiger partial charge on any atom is 0.305 e. The molecule has 5 nitrogen and oxygen atoms in total. The summed E-state index contributed by atoms with van der Waals surface area (Å²) in [5, 5.41) is 18.3. The number of hydrogen-bond donors (Lipinski definition) is 2. The SMILES string of the molecule is CCCCCCCCCCCCCC(=O)N(CCC(=O)O)C(C)O. The van der Waals surface area contributed by atoms with E-state index in [1.807, 2.05) is 0 Å². The summed E-state index contributed by atoms with van der Waals surface area (Å²) < 4.78 is 0. The van der Waals surface area contributed by atoms with Crippen molar-refractivity contribution in [2.75, 3.05) is 6.54 Å². The number of carboxylic acid groups (broad SMARTS) is 1. The molecule has 24 heavy (non-hydrogen) atoms. The van der Waals surface area contributed by atoms with Gasteiger partial charge in [0, 0.05) is 13.0 Å². The van der Waals surface area contributed by atoms with Crippen molar-refractivity contribution in [1.82, 2.24) is 4.90 Å². The second-order valence-electron chi connectivity index (χ2n) is 6.65. The van der Waals surface area contributed by atoms with E-state index >= 15 is 0 Å². The van der Waals surface area contributed by atoms with Crippen LogP contribution in [-0.4, -0.2) is 39.8 Å². The van der Waals surface area contributed by atoms with Gasteiger partial charge in [0.15, 0.2) is 0 Å². The van der Waals surface area contributed by atoms with E-state index in [1.165, 1.54) is 63.2 Å². The zero-order chi connectivity index (χ0) is 18.2. The van der Waals surface area contributed by atoms with Crippen molar-refractivity contribution >= 4 is 11.9 Å². The summed E-state index contributed by atoms with van der Waals surface area (Å²) in [5.74, 6) is -1.11. The van der Waals surface area contributed by atoms with Gasteiger partial charge in [-0.1, -0.05) is 71.1 Å². The average molecular weight is 344 g/mol. The van der Waals surface area contributed by atoms with Gasteiger partial charge in [0.2, 0.25) is 5.91 Å². The topological polar surface area (TPSA) is 77.8 Å². The van der Waals surface area contributed by atoms with Crippen molar-refractivity contribution in [2.45, 2.75) is 104 Å². The zero-order valence-electron chi connectivity index (χ0n) is 15.6. The van der Waals surface area contributed by atoms with Gasteiger partial charge in [-0.3, -0.25) is 9.59 Å². The molecule has 142 valence electrons. The van der Waals surface area contributed by atoms with Crippen LogP contribution in [0.2, 0.25) is 0 Å². The summed E-state index contributed by atoms with van der Waals surface area (Å²) in [4.78, 5) is 23.9. The van der Waals surface area contributed by atoms with E-state index < -0.39 is 12.2 Å². The lowest BCUT2D eigenvalue weighted by atomic mass is 10.1. The van der Waals surface area contributed by atoms with Gasteiger partial charge in [-0.25, -0.2) is 0 Å². The summed E-state index contributed by atoms with van der Waals surface area (Å²) in [6.45, 7) is 3.81. The van der Waals surface area contributed by atoms with E-state index in [2.05, 4.69) is 6.92 Å². The third-order valence-corrected chi connectivity index (χ3v) is 4.33. The summed E-state index contributed by atoms with van der Waals surface area (Å²) in [6, 6.07) is 0. The first kappa shape index (κ1) is 22.9. The molecule has 5 heteroatoms. The number of unbranched alkanes of at least 4 members (excludes halogenated alkanes) is 10. The van der Waals surface area contributed by atoms with Crippen molar-refractivity contribution in [3.05, 3.63) is 0 Å². The third kappa shape index (κ3) is 13.3. The smallest absolute Gasteiger partial charge is 0.305 e. The van der Waals surface area contributed by atoms with Crippen molar-refractivity contribution < 1.29 is 19.8 Å². The first-order valence-electron chi connectivity index (χ1n) is 9.68. The quantitative estimate of drug-likeness (QED) is 0.323. The number of aliphatic hydroxyl groups excluding tert-OH is 1. The Kier molecular flexibility index (Phi) is 14.7. The molecule has 0 rings (SSSR count). The number of carbonyl (C=O) groups is 2. The molecular formula is C19H37NO4. The minimum Gasteiger partial charge on any atom is -0.481 e. The molecular weight excluding hydrogens is 306 g/mol. The van der Waals surface area contributed by atoms with Gasteiger partial charge >= 0.3 is 5.97 Å². The number of rotatable bonds is 16. The Labute approximate surface area is 147 Å². The van der Waals surface area contributed by atoms with Crippen molar-refractivity contribution in [1.29, 1.82) is 0 Å². The van der Waals surface area contributed by atoms with E-state index in [1.54, 1.807) is 0 Å². The Morgan fingerprint density at radius 3 is 1.71 bits per heavy atom. The van der Waals surface area contributed by atoms with Gasteiger partial charge in [-0.15, -0.1) is 0 Å². The standard InChI is InChI=1S/C19H37NO4/c1-3-4-5-6-7-8-9-10-11-12-13-14-18(22)20(17(2)21)16-15-19(23)24/h17,21H,3-16H2,1-2H3,(H,23,24). The monoisotopic (exact) mass is 343 g/mol. The van der Waals surface area contributed by atoms with E-state index in [-0.39, 0.29) is 18.9 Å². The van der Waals surface area contributed by atoms with Crippen LogP contribution in [0, 0.1) is 0 Å². The Morgan fingerprint density at radius 1 is 0.833 bits per heavy atom. The molecule has 0 aromatic rings. The molecule has 0 saturated heterocycles. The lowest BCUT2D eigenvalue weighted by Gasteiger charge is -2.25. The summed E-state index contributed by atoms with van der Waals surface area (Å²) >= 11 is 0. The van der Waals surface area contributed by atoms with Gasteiger partial charge < -0.3 is 15.1 Å². The van der Waals surface area contributed by atoms with Crippen molar-refractivity contribution in [3.63, 3.8) is 0 Å². The number of amides is 1. The summed E-state index contributed by atoms with van der Waals surface area (Å²) in [7, 11) is 0. The van der Waals surface area contributed by atoms with Gasteiger partial charge in [0.05, 0.1) is 6.42 Å². The number of aliphatic carboxylic acids is 1. The lowest BCUT2D eigenvalue weighted by molar-refractivity contribution is -0.143. The lowest BCUT2D eigenvalue weighted by Crippen LogP contribution is -2.39. The fourth-order valence-corrected chi connectivity index (χ4v) is 2.82. The van der Waals surface area contributed by atoms with E-state index in [9.17, 15) is 14.7 Å². The maximum atomic E-state index is 12.0. The van der Waals surface area contributed by atoms with Crippen LogP contribution in [0.15, 0.2) is 0 Å². The highest BCUT2D eigenvalue weighted by atomic mass is 16.4. The Balaban J connectivity index is 3.60. The van der Waals surface area contributed by atoms with Gasteiger partial charge in [-0.05, 0) is 13.3 Å². The third-order valence-electron chi connectivity index (χ3n) is 4.33. The second kappa shape index (κ2) is 15.4. The molecule has 0 aromatic carbocycles. The minimum absolute atomic E-state index is 0.0733. The highest BCUT2D eigenvalue weighted by molar-refractivity contribution is 5.77. The van der Waals surface area contributed by atoms with Crippen LogP contribution in [-0.2, 0) is 9.59 Å². The minimum atomic E-state index is -0.955. The molecule has 0 aliphatic rings. The first-order chi connectivity index (χ1) is 11.5. The molecule has 0 radical (unpaired) electrons. The Bertz CT molecular complexity index is 331. The van der Waals surface area contributed by atoms with Gasteiger partial charge in [0.25, 0.3) is 0 Å². The zero-order valence-corrected chi connectivity index (χ0v) is 15.6. The summed E-state index contributed by atoms with van der Waals surface area (Å²) in [6.07, 6.45) is 12.8. The summed E-state index contributed by atoms with van der Waals surface area (Å²) in [5.41, 5.74) is 0. The van der Waals surface area contributed by atoms with Gasteiger partial charge in [0.1, 0.15) is 6.23 Å². The largest absolute Gasteiger partial charge is 0.481 e. The number of nitrogens with zero attached hydrogens (tertiary/aromatic N) is 1. The highest BCUT2D eigenvalue weighted by Gasteiger charge is 2.18. The van der Waals surface area contributed by atoms with Crippen LogP contribution < -0.4 is 0 Å². The van der Waals surface area contributed by atoms with Crippen LogP contribution in [0.25, 0.3) is 0 Å². The molecule has 0 heterocycles. The maximum absolute atomic E-state index is 12.0. The average Bonchev–Trinajstić information content (AvgIpc) is 2.52. The van der Waals surface area contributed by atoms with E-state index in [0.29, 0.717) is 6.42 Å². The Hall–Kier alpha value is -1.10. The van der Waals surface area contributed by atoms with Crippen molar-refractivity contribution in [3.8, 4) is 0 Å². The predicted molar refractivity (Wildman–Crippen MR) is 96.7 cm³/mol. The van der Waals surface area contributed by atoms with Crippen LogP contribution in [0.3, 0.4) is 0 Å². The fourth-order valence-electron chi connectivity index (χ4n) is 2.82. The molecule has 0 bridgehead atoms. The number of hydrogen-bond acceptors (Lipinski definition) is 3. The van der Waals surface area contributed by atoms with Crippen LogP contribution >= 0.6 is 0 Å². The molecule has 0 aliphatic carbocycles. The first-order valence-corrected chi connectivity index (χ1v) is 9.68. The number of carbonyl (C=O) groups excluding carboxylic acids is 1. The molecule has 1 atom stereocenters. The van der Waals surface area contributed by atoms with Gasteiger partial charge in [-0.2, -0.15) is 0 Å². The predicted octanol–water partition coefficient (Wildman–Crippen LogP) is 4.33. The van der Waals surface area contributed by atoms with Crippen LogP contribution in [0.1, 0.15) is 97.3 Å². The Morgan fingerprint density at radius 2 is 1.29 bits per heavy atom. The van der Waals surface area contributed by atoms with E-state index in [0.717, 1.165) is 19.3 Å². The fraction of sp³-hybridized carbons (Fsp3) is 0.895. The molecule has 0 aliphatic heterocycles. The molecule has 0 fully saturated rings.